The zero-order chi connectivity index (χ0) is 18.8. The smallest absolute Gasteiger partial charge is 0.251 e. The molecule has 27 heavy (non-hydrogen) atoms. The lowest BCUT2D eigenvalue weighted by Crippen LogP contribution is -2.35. The van der Waals surface area contributed by atoms with Crippen LogP contribution in [-0.4, -0.2) is 45.8 Å². The predicted octanol–water partition coefficient (Wildman–Crippen LogP) is 2.99. The van der Waals surface area contributed by atoms with Crippen molar-refractivity contribution in [3.05, 3.63) is 23.8 Å². The van der Waals surface area contributed by atoms with Gasteiger partial charge in [0.2, 0.25) is 5.95 Å². The second-order valence-electron chi connectivity index (χ2n) is 8.08. The second kappa shape index (κ2) is 7.89. The maximum absolute atomic E-state index is 12.8. The minimum absolute atomic E-state index is 0.00581. The number of imidazole rings is 1. The number of carbonyl (C=O) groups is 1. The molecule has 1 saturated carbocycles. The van der Waals surface area contributed by atoms with Crippen LogP contribution >= 0.6 is 0 Å². The van der Waals surface area contributed by atoms with E-state index in [4.69, 9.17) is 4.98 Å². The summed E-state index contributed by atoms with van der Waals surface area (Å²) in [5.74, 6) is 0.866. The molecule has 6 heteroatoms. The molecule has 1 amide bonds. The molecule has 1 unspecified atom stereocenters. The highest BCUT2D eigenvalue weighted by atomic mass is 16.3. The SMILES string of the molecule is Cn1c(N2CCC(O)C2)nc2cc(C(=O)NC3CCCCCCC3)ccc21. The Morgan fingerprint density at radius 2 is 1.89 bits per heavy atom. The van der Waals surface area contributed by atoms with Gasteiger partial charge in [0.1, 0.15) is 0 Å². The molecular formula is C21H30N4O2. The van der Waals surface area contributed by atoms with E-state index >= 15 is 0 Å². The first-order valence-electron chi connectivity index (χ1n) is 10.3. The van der Waals surface area contributed by atoms with Gasteiger partial charge >= 0.3 is 0 Å². The number of amides is 1. The van der Waals surface area contributed by atoms with E-state index in [0.29, 0.717) is 18.2 Å². The second-order valence-corrected chi connectivity index (χ2v) is 8.08. The third kappa shape index (κ3) is 3.95. The van der Waals surface area contributed by atoms with Crippen molar-refractivity contribution in [3.63, 3.8) is 0 Å². The van der Waals surface area contributed by atoms with Crippen LogP contribution in [0.3, 0.4) is 0 Å². The monoisotopic (exact) mass is 370 g/mol. The third-order valence-electron chi connectivity index (χ3n) is 6.01. The van der Waals surface area contributed by atoms with Gasteiger partial charge in [0.05, 0.1) is 17.1 Å². The number of hydrogen-bond donors (Lipinski definition) is 2. The van der Waals surface area contributed by atoms with Crippen molar-refractivity contribution in [2.24, 2.45) is 7.05 Å². The van der Waals surface area contributed by atoms with Crippen molar-refractivity contribution in [2.45, 2.75) is 63.5 Å². The van der Waals surface area contributed by atoms with Crippen LogP contribution in [0.4, 0.5) is 5.95 Å². The van der Waals surface area contributed by atoms with Gasteiger partial charge in [0.15, 0.2) is 0 Å². The van der Waals surface area contributed by atoms with Crippen LogP contribution in [0, 0.1) is 0 Å². The first-order chi connectivity index (χ1) is 13.1. The Kier molecular flexibility index (Phi) is 5.34. The van der Waals surface area contributed by atoms with Gasteiger partial charge in [-0.2, -0.15) is 0 Å². The van der Waals surface area contributed by atoms with E-state index in [-0.39, 0.29) is 12.0 Å². The first kappa shape index (κ1) is 18.3. The number of anilines is 1. The summed E-state index contributed by atoms with van der Waals surface area (Å²) in [5.41, 5.74) is 2.52. The minimum atomic E-state index is -0.282. The number of nitrogens with zero attached hydrogens (tertiary/aromatic N) is 3. The Balaban J connectivity index is 1.51. The molecule has 2 aliphatic rings. The van der Waals surface area contributed by atoms with Crippen molar-refractivity contribution in [1.82, 2.24) is 14.9 Å². The molecule has 1 aliphatic carbocycles. The molecule has 1 aromatic heterocycles. The van der Waals surface area contributed by atoms with Crippen LogP contribution in [0.15, 0.2) is 18.2 Å². The van der Waals surface area contributed by atoms with E-state index in [1.165, 1.54) is 32.1 Å². The molecule has 2 fully saturated rings. The van der Waals surface area contributed by atoms with E-state index in [2.05, 4.69) is 10.2 Å². The summed E-state index contributed by atoms with van der Waals surface area (Å²) in [6.45, 7) is 1.43. The highest BCUT2D eigenvalue weighted by Gasteiger charge is 2.24. The predicted molar refractivity (Wildman–Crippen MR) is 107 cm³/mol. The number of fused-ring (bicyclic) bond motifs is 1. The molecule has 6 nitrogen and oxygen atoms in total. The highest BCUT2D eigenvalue weighted by molar-refractivity contribution is 5.97. The van der Waals surface area contributed by atoms with Crippen LogP contribution in [0.2, 0.25) is 0 Å². The fourth-order valence-corrected chi connectivity index (χ4v) is 4.40. The van der Waals surface area contributed by atoms with E-state index in [9.17, 15) is 9.90 Å². The standard InChI is InChI=1S/C21H30N4O2/c1-24-19-10-9-15(20(27)22-16-7-5-3-2-4-6-8-16)13-18(19)23-21(24)25-12-11-17(26)14-25/h9-10,13,16-17,26H,2-8,11-12,14H2,1H3,(H,22,27). The maximum Gasteiger partial charge on any atom is 0.251 e. The van der Waals surface area contributed by atoms with E-state index in [1.807, 2.05) is 29.8 Å². The Morgan fingerprint density at radius 1 is 1.15 bits per heavy atom. The first-order valence-corrected chi connectivity index (χ1v) is 10.3. The van der Waals surface area contributed by atoms with Crippen molar-refractivity contribution in [2.75, 3.05) is 18.0 Å². The number of nitrogens with one attached hydrogen (secondary N) is 1. The number of aryl methyl sites for hydroxylation is 1. The normalized spacial score (nSPS) is 22.0. The summed E-state index contributed by atoms with van der Waals surface area (Å²) < 4.78 is 2.05. The van der Waals surface area contributed by atoms with Gasteiger partial charge in [-0.15, -0.1) is 0 Å². The average molecular weight is 370 g/mol. The molecular weight excluding hydrogens is 340 g/mol. The quantitative estimate of drug-likeness (QED) is 0.871. The molecule has 2 aromatic rings. The topological polar surface area (TPSA) is 70.4 Å². The number of rotatable bonds is 3. The van der Waals surface area contributed by atoms with Crippen LogP contribution in [0.5, 0.6) is 0 Å². The maximum atomic E-state index is 12.8. The lowest BCUT2D eigenvalue weighted by atomic mass is 9.96. The van der Waals surface area contributed by atoms with E-state index < -0.39 is 0 Å². The summed E-state index contributed by atoms with van der Waals surface area (Å²) in [6, 6.07) is 6.05. The van der Waals surface area contributed by atoms with Crippen LogP contribution in [0.25, 0.3) is 11.0 Å². The summed E-state index contributed by atoms with van der Waals surface area (Å²) in [6.07, 6.45) is 8.95. The summed E-state index contributed by atoms with van der Waals surface area (Å²) in [7, 11) is 1.99. The fourth-order valence-electron chi connectivity index (χ4n) is 4.40. The summed E-state index contributed by atoms with van der Waals surface area (Å²) >= 11 is 0. The molecule has 0 radical (unpaired) electrons. The Morgan fingerprint density at radius 3 is 2.59 bits per heavy atom. The van der Waals surface area contributed by atoms with Crippen molar-refractivity contribution < 1.29 is 9.90 Å². The third-order valence-corrected chi connectivity index (χ3v) is 6.01. The zero-order valence-corrected chi connectivity index (χ0v) is 16.2. The number of aliphatic hydroxyl groups excluding tert-OH is 1. The van der Waals surface area contributed by atoms with Gasteiger partial charge in [-0.1, -0.05) is 32.1 Å². The Bertz CT molecular complexity index is 808. The zero-order valence-electron chi connectivity index (χ0n) is 16.2. The molecule has 146 valence electrons. The minimum Gasteiger partial charge on any atom is -0.391 e. The van der Waals surface area contributed by atoms with Gasteiger partial charge in [-0.25, -0.2) is 4.98 Å². The van der Waals surface area contributed by atoms with Gasteiger partial charge < -0.3 is 19.9 Å². The molecule has 1 aromatic carbocycles. The van der Waals surface area contributed by atoms with Gasteiger partial charge in [0.25, 0.3) is 5.91 Å². The number of benzene rings is 1. The molecule has 2 N–H and O–H groups in total. The lowest BCUT2D eigenvalue weighted by Gasteiger charge is -2.21. The van der Waals surface area contributed by atoms with Gasteiger partial charge in [0, 0.05) is 31.7 Å². The average Bonchev–Trinajstić information content (AvgIpc) is 3.20. The molecule has 1 atom stereocenters. The summed E-state index contributed by atoms with van der Waals surface area (Å²) in [5, 5.41) is 13.0. The van der Waals surface area contributed by atoms with Crippen molar-refractivity contribution in [3.8, 4) is 0 Å². The highest BCUT2D eigenvalue weighted by Crippen LogP contribution is 2.25. The van der Waals surface area contributed by atoms with Crippen molar-refractivity contribution in [1.29, 1.82) is 0 Å². The Hall–Kier alpha value is -2.08. The molecule has 0 spiro atoms. The van der Waals surface area contributed by atoms with Gasteiger partial charge in [-0.3, -0.25) is 4.79 Å². The largest absolute Gasteiger partial charge is 0.391 e. The number of hydrogen-bond acceptors (Lipinski definition) is 4. The molecule has 1 saturated heterocycles. The number of aromatic nitrogens is 2. The fraction of sp³-hybridized carbons (Fsp3) is 0.619. The molecule has 0 bridgehead atoms. The van der Waals surface area contributed by atoms with E-state index in [1.54, 1.807) is 0 Å². The van der Waals surface area contributed by atoms with Crippen LogP contribution in [0.1, 0.15) is 61.7 Å². The molecule has 4 rings (SSSR count). The molecule has 2 heterocycles. The number of carbonyl (C=O) groups excluding carboxylic acids is 1. The number of aliphatic hydroxyl groups is 1. The van der Waals surface area contributed by atoms with Gasteiger partial charge in [-0.05, 0) is 37.5 Å². The van der Waals surface area contributed by atoms with Crippen molar-refractivity contribution >= 4 is 22.9 Å². The van der Waals surface area contributed by atoms with Crippen LogP contribution in [-0.2, 0) is 7.05 Å². The van der Waals surface area contributed by atoms with E-state index in [0.717, 1.165) is 42.8 Å². The summed E-state index contributed by atoms with van der Waals surface area (Å²) in [4.78, 5) is 19.6. The number of β-amino-alcohol motifs (C(OH)–C–C–N with tert-alkyl or cyclic N) is 1. The van der Waals surface area contributed by atoms with Crippen LogP contribution < -0.4 is 10.2 Å². The Labute approximate surface area is 160 Å². The lowest BCUT2D eigenvalue weighted by molar-refractivity contribution is 0.0930. The molecule has 1 aliphatic heterocycles.